The molecule has 106 valence electrons. The second-order valence-corrected chi connectivity index (χ2v) is 5.28. The molecule has 0 fully saturated rings. The van der Waals surface area contributed by atoms with Gasteiger partial charge in [0.1, 0.15) is 11.2 Å². The number of benzene rings is 3. The molecule has 4 aromatic rings. The van der Waals surface area contributed by atoms with Gasteiger partial charge in [-0.05, 0) is 28.7 Å². The Morgan fingerprint density at radius 2 is 1.59 bits per heavy atom. The molecule has 3 nitrogen and oxygen atoms in total. The molecule has 4 rings (SSSR count). The number of rotatable bonds is 2. The molecule has 1 heterocycles. The summed E-state index contributed by atoms with van der Waals surface area (Å²) >= 11 is 0. The Labute approximate surface area is 127 Å². The Hall–Kier alpha value is -2.56. The van der Waals surface area contributed by atoms with Gasteiger partial charge in [-0.3, -0.25) is 0 Å². The van der Waals surface area contributed by atoms with Gasteiger partial charge in [-0.2, -0.15) is 0 Å². The lowest BCUT2D eigenvalue weighted by Crippen LogP contribution is -2.29. The number of furan rings is 1. The molecule has 0 amide bonds. The highest BCUT2D eigenvalue weighted by atomic mass is 16.4. The summed E-state index contributed by atoms with van der Waals surface area (Å²) in [5.41, 5.74) is 4.11. The zero-order valence-electron chi connectivity index (χ0n) is 11.7. The summed E-state index contributed by atoms with van der Waals surface area (Å²) in [5.74, 6) is 0. The Bertz CT molecular complexity index is 958. The van der Waals surface area contributed by atoms with Crippen LogP contribution in [0.4, 0.5) is 0 Å². The van der Waals surface area contributed by atoms with E-state index in [2.05, 4.69) is 18.2 Å². The summed E-state index contributed by atoms with van der Waals surface area (Å²) in [7, 11) is -1.49. The van der Waals surface area contributed by atoms with Crippen LogP contribution in [-0.4, -0.2) is 17.2 Å². The first kappa shape index (κ1) is 13.1. The minimum atomic E-state index is -1.49. The zero-order valence-corrected chi connectivity index (χ0v) is 11.7. The Morgan fingerprint density at radius 1 is 0.773 bits per heavy atom. The van der Waals surface area contributed by atoms with Gasteiger partial charge in [0.25, 0.3) is 0 Å². The van der Waals surface area contributed by atoms with Gasteiger partial charge in [0.05, 0.1) is 0 Å². The van der Waals surface area contributed by atoms with Crippen LogP contribution in [0.2, 0.25) is 0 Å². The average Bonchev–Trinajstić information content (AvgIpc) is 2.93. The molecule has 0 saturated heterocycles. The van der Waals surface area contributed by atoms with Crippen LogP contribution in [0, 0.1) is 0 Å². The molecule has 0 aliphatic heterocycles. The standard InChI is InChI=1S/C18H13BO3/c20-19(21)13-9-10-15-17(11-13)22-16-8-4-7-14(18(15)16)12-5-2-1-3-6-12/h1-11,20-21H. The van der Waals surface area contributed by atoms with E-state index in [4.69, 9.17) is 4.42 Å². The SMILES string of the molecule is OB(O)c1ccc2c(c1)oc1cccc(-c3ccccc3)c12. The van der Waals surface area contributed by atoms with E-state index in [0.717, 1.165) is 27.5 Å². The predicted molar refractivity (Wildman–Crippen MR) is 89.0 cm³/mol. The van der Waals surface area contributed by atoms with Gasteiger partial charge in [0.2, 0.25) is 0 Å². The highest BCUT2D eigenvalue weighted by molar-refractivity contribution is 6.58. The monoisotopic (exact) mass is 288 g/mol. The van der Waals surface area contributed by atoms with Crippen molar-refractivity contribution >= 4 is 34.5 Å². The van der Waals surface area contributed by atoms with Gasteiger partial charge in [-0.25, -0.2) is 0 Å². The molecule has 0 bridgehead atoms. The van der Waals surface area contributed by atoms with Gasteiger partial charge in [-0.15, -0.1) is 0 Å². The number of hydrogen-bond acceptors (Lipinski definition) is 3. The fraction of sp³-hybridized carbons (Fsp3) is 0. The van der Waals surface area contributed by atoms with E-state index >= 15 is 0 Å². The molecule has 3 aromatic carbocycles. The van der Waals surface area contributed by atoms with Crippen LogP contribution in [-0.2, 0) is 0 Å². The van der Waals surface area contributed by atoms with Crippen LogP contribution < -0.4 is 5.46 Å². The van der Waals surface area contributed by atoms with Crippen molar-refractivity contribution in [2.24, 2.45) is 0 Å². The third-order valence-electron chi connectivity index (χ3n) is 3.90. The lowest BCUT2D eigenvalue weighted by molar-refractivity contribution is 0.425. The molecule has 0 saturated carbocycles. The lowest BCUT2D eigenvalue weighted by atomic mass is 9.80. The molecule has 0 radical (unpaired) electrons. The highest BCUT2D eigenvalue weighted by Crippen LogP contribution is 2.35. The van der Waals surface area contributed by atoms with Crippen LogP contribution in [0.1, 0.15) is 0 Å². The minimum Gasteiger partial charge on any atom is -0.456 e. The molecule has 0 unspecified atom stereocenters. The van der Waals surface area contributed by atoms with E-state index in [1.54, 1.807) is 12.1 Å². The topological polar surface area (TPSA) is 53.6 Å². The zero-order chi connectivity index (χ0) is 15.1. The Kier molecular flexibility index (Phi) is 3.00. The second kappa shape index (κ2) is 5.02. The van der Waals surface area contributed by atoms with E-state index in [0.29, 0.717) is 11.0 Å². The first-order valence-electron chi connectivity index (χ1n) is 7.11. The second-order valence-electron chi connectivity index (χ2n) is 5.28. The van der Waals surface area contributed by atoms with Crippen molar-refractivity contribution < 1.29 is 14.5 Å². The lowest BCUT2D eigenvalue weighted by Gasteiger charge is -2.03. The van der Waals surface area contributed by atoms with Crippen LogP contribution in [0.5, 0.6) is 0 Å². The van der Waals surface area contributed by atoms with Crippen molar-refractivity contribution in [3.63, 3.8) is 0 Å². The van der Waals surface area contributed by atoms with Crippen LogP contribution >= 0.6 is 0 Å². The Balaban J connectivity index is 2.05. The van der Waals surface area contributed by atoms with Crippen LogP contribution in [0.25, 0.3) is 33.1 Å². The summed E-state index contributed by atoms with van der Waals surface area (Å²) in [6.45, 7) is 0. The summed E-state index contributed by atoms with van der Waals surface area (Å²) in [5, 5.41) is 20.6. The quantitative estimate of drug-likeness (QED) is 0.558. The van der Waals surface area contributed by atoms with Gasteiger partial charge in [-0.1, -0.05) is 54.6 Å². The third kappa shape index (κ3) is 2.01. The molecule has 4 heteroatoms. The smallest absolute Gasteiger partial charge is 0.456 e. The van der Waals surface area contributed by atoms with E-state index in [1.807, 2.05) is 36.4 Å². The molecule has 0 atom stereocenters. The first-order chi connectivity index (χ1) is 10.7. The van der Waals surface area contributed by atoms with Crippen molar-refractivity contribution in [1.29, 1.82) is 0 Å². The first-order valence-corrected chi connectivity index (χ1v) is 7.11. The molecule has 1 aromatic heterocycles. The molecule has 22 heavy (non-hydrogen) atoms. The summed E-state index contributed by atoms with van der Waals surface area (Å²) in [4.78, 5) is 0. The number of fused-ring (bicyclic) bond motifs is 3. The van der Waals surface area contributed by atoms with Gasteiger partial charge >= 0.3 is 7.12 Å². The minimum absolute atomic E-state index is 0.424. The van der Waals surface area contributed by atoms with Crippen molar-refractivity contribution in [2.75, 3.05) is 0 Å². The van der Waals surface area contributed by atoms with Crippen LogP contribution in [0.15, 0.2) is 71.1 Å². The summed E-state index contributed by atoms with van der Waals surface area (Å²) in [6, 6.07) is 21.4. The summed E-state index contributed by atoms with van der Waals surface area (Å²) in [6.07, 6.45) is 0. The average molecular weight is 288 g/mol. The van der Waals surface area contributed by atoms with E-state index in [9.17, 15) is 10.0 Å². The fourth-order valence-electron chi connectivity index (χ4n) is 2.86. The van der Waals surface area contributed by atoms with Gasteiger partial charge < -0.3 is 14.5 Å². The maximum Gasteiger partial charge on any atom is 0.488 e. The van der Waals surface area contributed by atoms with E-state index in [-0.39, 0.29) is 0 Å². The van der Waals surface area contributed by atoms with Crippen LogP contribution in [0.3, 0.4) is 0 Å². The molecule has 2 N–H and O–H groups in total. The van der Waals surface area contributed by atoms with Crippen molar-refractivity contribution in [3.8, 4) is 11.1 Å². The van der Waals surface area contributed by atoms with E-state index < -0.39 is 7.12 Å². The molecular formula is C18H13BO3. The fourth-order valence-corrected chi connectivity index (χ4v) is 2.86. The maximum absolute atomic E-state index is 9.30. The van der Waals surface area contributed by atoms with Gasteiger partial charge in [0, 0.05) is 10.8 Å². The number of hydrogen-bond donors (Lipinski definition) is 2. The van der Waals surface area contributed by atoms with Gasteiger partial charge in [0.15, 0.2) is 0 Å². The Morgan fingerprint density at radius 3 is 2.36 bits per heavy atom. The third-order valence-corrected chi connectivity index (χ3v) is 3.90. The molecule has 0 spiro atoms. The summed E-state index contributed by atoms with van der Waals surface area (Å²) < 4.78 is 5.88. The molecule has 0 aliphatic rings. The van der Waals surface area contributed by atoms with Crippen molar-refractivity contribution in [1.82, 2.24) is 0 Å². The predicted octanol–water partition coefficient (Wildman–Crippen LogP) is 2.93. The maximum atomic E-state index is 9.30. The van der Waals surface area contributed by atoms with Crippen molar-refractivity contribution in [2.45, 2.75) is 0 Å². The largest absolute Gasteiger partial charge is 0.488 e. The molecular weight excluding hydrogens is 275 g/mol. The highest BCUT2D eigenvalue weighted by Gasteiger charge is 2.16. The normalized spacial score (nSPS) is 11.2. The van der Waals surface area contributed by atoms with E-state index in [1.165, 1.54) is 0 Å². The molecule has 0 aliphatic carbocycles. The van der Waals surface area contributed by atoms with Crippen molar-refractivity contribution in [3.05, 3.63) is 66.7 Å².